The summed E-state index contributed by atoms with van der Waals surface area (Å²) in [5, 5.41) is 4.93. The van der Waals surface area contributed by atoms with Crippen LogP contribution in [0.25, 0.3) is 22.5 Å². The summed E-state index contributed by atoms with van der Waals surface area (Å²) in [5.41, 5.74) is 8.84. The Hall–Kier alpha value is -3.18. The number of aromatic nitrogens is 4. The number of hydrogen-bond acceptors (Lipinski definition) is 4. The minimum absolute atomic E-state index is 1.03. The highest BCUT2D eigenvalue weighted by atomic mass is 28.3. The first-order valence-corrected chi connectivity index (χ1v) is 11.9. The SMILES string of the molecule is Cc1cnc2c(c1)[Si]1(c3cc(C)cnc3-c3ccc(C)nc31)c1nc(C)ccc1-2. The summed E-state index contributed by atoms with van der Waals surface area (Å²) in [5.74, 6) is 0. The van der Waals surface area contributed by atoms with E-state index in [2.05, 4.69) is 64.1 Å². The summed E-state index contributed by atoms with van der Waals surface area (Å²) in [7, 11) is -2.62. The summed E-state index contributed by atoms with van der Waals surface area (Å²) in [6, 6.07) is 13.2. The van der Waals surface area contributed by atoms with Gasteiger partial charge in [-0.15, -0.1) is 0 Å². The fourth-order valence-corrected chi connectivity index (χ4v) is 10.4. The number of aryl methyl sites for hydroxylation is 4. The van der Waals surface area contributed by atoms with Crippen molar-refractivity contribution >= 4 is 29.1 Å². The quantitative estimate of drug-likeness (QED) is 0.370. The van der Waals surface area contributed by atoms with Crippen LogP contribution in [0.5, 0.6) is 0 Å². The minimum atomic E-state index is -2.62. The molecule has 1 spiro atoms. The molecule has 140 valence electrons. The van der Waals surface area contributed by atoms with Gasteiger partial charge >= 0.3 is 0 Å². The monoisotopic (exact) mass is 392 g/mol. The lowest BCUT2D eigenvalue weighted by atomic mass is 10.1. The third-order valence-electron chi connectivity index (χ3n) is 6.15. The third kappa shape index (κ3) is 1.98. The summed E-state index contributed by atoms with van der Waals surface area (Å²) < 4.78 is 0. The second-order valence-electron chi connectivity index (χ2n) is 8.27. The van der Waals surface area contributed by atoms with Crippen LogP contribution >= 0.6 is 0 Å². The maximum atomic E-state index is 5.14. The standard InChI is InChI=1S/C24H20N4Si/c1-13-9-19-21(25-11-13)17-7-5-15(3)27-23(17)29(19)20-10-14(2)12-26-22(20)18-8-6-16(4)28-24(18)29/h5-12H,1-4H3. The van der Waals surface area contributed by atoms with Crippen molar-refractivity contribution in [2.75, 3.05) is 0 Å². The van der Waals surface area contributed by atoms with Crippen molar-refractivity contribution in [3.8, 4) is 22.5 Å². The first-order valence-electron chi connectivity index (χ1n) is 9.91. The van der Waals surface area contributed by atoms with Gasteiger partial charge in [-0.25, -0.2) is 0 Å². The number of nitrogens with zero attached hydrogens (tertiary/aromatic N) is 4. The van der Waals surface area contributed by atoms with E-state index in [9.17, 15) is 0 Å². The van der Waals surface area contributed by atoms with Crippen LogP contribution in [0.4, 0.5) is 0 Å². The third-order valence-corrected chi connectivity index (χ3v) is 10.7. The van der Waals surface area contributed by atoms with E-state index < -0.39 is 8.07 Å². The van der Waals surface area contributed by atoms with Gasteiger partial charge in [-0.1, -0.05) is 12.1 Å². The van der Waals surface area contributed by atoms with Crippen LogP contribution in [0.2, 0.25) is 0 Å². The van der Waals surface area contributed by atoms with E-state index in [0.717, 1.165) is 44.5 Å². The molecule has 0 radical (unpaired) electrons. The average molecular weight is 393 g/mol. The zero-order valence-corrected chi connectivity index (χ0v) is 17.9. The molecule has 2 aliphatic rings. The van der Waals surface area contributed by atoms with Crippen molar-refractivity contribution in [3.63, 3.8) is 0 Å². The molecule has 4 aromatic rings. The molecule has 2 aliphatic heterocycles. The molecule has 0 aliphatic carbocycles. The van der Waals surface area contributed by atoms with Gasteiger partial charge in [-0.2, -0.15) is 0 Å². The lowest BCUT2D eigenvalue weighted by Crippen LogP contribution is -2.72. The van der Waals surface area contributed by atoms with E-state index in [-0.39, 0.29) is 0 Å². The van der Waals surface area contributed by atoms with Gasteiger partial charge in [0.15, 0.2) is 0 Å². The van der Waals surface area contributed by atoms with Gasteiger partial charge in [-0.3, -0.25) is 19.9 Å². The molecule has 0 N–H and O–H groups in total. The average Bonchev–Trinajstić information content (AvgIpc) is 3.13. The summed E-state index contributed by atoms with van der Waals surface area (Å²) in [6.45, 7) is 8.37. The van der Waals surface area contributed by atoms with Gasteiger partial charge in [0.2, 0.25) is 8.07 Å². The van der Waals surface area contributed by atoms with Crippen molar-refractivity contribution in [1.82, 2.24) is 19.9 Å². The fraction of sp³-hybridized carbons (Fsp3) is 0.167. The van der Waals surface area contributed by atoms with Gasteiger partial charge in [0.25, 0.3) is 0 Å². The number of fused-ring (bicyclic) bond motifs is 10. The Morgan fingerprint density at radius 3 is 1.52 bits per heavy atom. The Balaban J connectivity index is 1.88. The zero-order chi connectivity index (χ0) is 19.9. The van der Waals surface area contributed by atoms with Gasteiger partial charge in [0, 0.05) is 34.9 Å². The predicted octanol–water partition coefficient (Wildman–Crippen LogP) is 1.84. The van der Waals surface area contributed by atoms with Crippen molar-refractivity contribution in [1.29, 1.82) is 0 Å². The van der Waals surface area contributed by atoms with E-state index in [1.54, 1.807) is 0 Å². The number of hydrogen-bond donors (Lipinski definition) is 0. The normalized spacial score (nSPS) is 14.5. The molecule has 29 heavy (non-hydrogen) atoms. The molecule has 0 amide bonds. The fourth-order valence-electron chi connectivity index (χ4n) is 4.97. The van der Waals surface area contributed by atoms with Crippen molar-refractivity contribution < 1.29 is 0 Å². The van der Waals surface area contributed by atoms with Gasteiger partial charge in [-0.05, 0) is 73.5 Å². The molecule has 4 nitrogen and oxygen atoms in total. The van der Waals surface area contributed by atoms with E-state index >= 15 is 0 Å². The Morgan fingerprint density at radius 2 is 1.07 bits per heavy atom. The number of pyridine rings is 4. The van der Waals surface area contributed by atoms with Crippen LogP contribution < -0.4 is 21.0 Å². The van der Waals surface area contributed by atoms with Crippen LogP contribution in [0.1, 0.15) is 22.5 Å². The van der Waals surface area contributed by atoms with Crippen LogP contribution in [-0.4, -0.2) is 28.0 Å². The predicted molar refractivity (Wildman–Crippen MR) is 118 cm³/mol. The van der Waals surface area contributed by atoms with E-state index in [0.29, 0.717) is 0 Å². The zero-order valence-electron chi connectivity index (χ0n) is 16.9. The Morgan fingerprint density at radius 1 is 0.621 bits per heavy atom. The lowest BCUT2D eigenvalue weighted by Gasteiger charge is -2.25. The van der Waals surface area contributed by atoms with E-state index in [1.807, 2.05) is 12.4 Å². The topological polar surface area (TPSA) is 51.6 Å². The smallest absolute Gasteiger partial charge is 0.229 e. The molecule has 0 aromatic carbocycles. The molecule has 5 heteroatoms. The van der Waals surface area contributed by atoms with Crippen molar-refractivity contribution in [2.45, 2.75) is 27.7 Å². The van der Waals surface area contributed by atoms with Gasteiger partial charge in [0.1, 0.15) is 0 Å². The Bertz CT molecular complexity index is 1150. The molecule has 6 rings (SSSR count). The van der Waals surface area contributed by atoms with Crippen LogP contribution in [0.15, 0.2) is 48.8 Å². The molecule has 0 saturated heterocycles. The van der Waals surface area contributed by atoms with Crippen LogP contribution in [-0.2, 0) is 0 Å². The first kappa shape index (κ1) is 16.7. The summed E-state index contributed by atoms with van der Waals surface area (Å²) >= 11 is 0. The molecule has 0 unspecified atom stereocenters. The second-order valence-corrected chi connectivity index (χ2v) is 11.8. The molecule has 6 heterocycles. The second kappa shape index (κ2) is 5.45. The minimum Gasteiger partial charge on any atom is -0.261 e. The Labute approximate surface area is 170 Å². The van der Waals surface area contributed by atoms with E-state index in [1.165, 1.54) is 21.5 Å². The van der Waals surface area contributed by atoms with E-state index in [4.69, 9.17) is 19.9 Å². The van der Waals surface area contributed by atoms with Gasteiger partial charge in [0.05, 0.1) is 22.0 Å². The van der Waals surface area contributed by atoms with Crippen molar-refractivity contribution in [3.05, 3.63) is 71.3 Å². The molecule has 0 saturated carbocycles. The van der Waals surface area contributed by atoms with Crippen molar-refractivity contribution in [2.24, 2.45) is 0 Å². The molecule has 0 bridgehead atoms. The lowest BCUT2D eigenvalue weighted by molar-refractivity contribution is 1.22. The molecule has 0 fully saturated rings. The van der Waals surface area contributed by atoms with Crippen LogP contribution in [0, 0.1) is 27.7 Å². The maximum absolute atomic E-state index is 5.14. The molecule has 4 aromatic heterocycles. The highest BCUT2D eigenvalue weighted by molar-refractivity contribution is 7.23. The molecular formula is C24H20N4Si. The highest BCUT2D eigenvalue weighted by Gasteiger charge is 2.58. The van der Waals surface area contributed by atoms with Crippen LogP contribution in [0.3, 0.4) is 0 Å². The summed E-state index contributed by atoms with van der Waals surface area (Å²) in [6.07, 6.45) is 3.93. The largest absolute Gasteiger partial charge is 0.261 e. The summed E-state index contributed by atoms with van der Waals surface area (Å²) in [4.78, 5) is 20.1. The number of rotatable bonds is 0. The highest BCUT2D eigenvalue weighted by Crippen LogP contribution is 2.33. The van der Waals surface area contributed by atoms with Gasteiger partial charge < -0.3 is 0 Å². The molecular weight excluding hydrogens is 372 g/mol. The molecule has 0 atom stereocenters. The first-order chi connectivity index (χ1) is 14.0. The Kier molecular flexibility index (Phi) is 3.15. The maximum Gasteiger partial charge on any atom is 0.229 e.